The van der Waals surface area contributed by atoms with Crippen LogP contribution in [0, 0.1) is 13.8 Å². The lowest BCUT2D eigenvalue weighted by molar-refractivity contribution is -0.136. The summed E-state index contributed by atoms with van der Waals surface area (Å²) < 4.78 is 0.786. The van der Waals surface area contributed by atoms with Crippen molar-refractivity contribution < 1.29 is 19.5 Å². The minimum absolute atomic E-state index is 0.133. The van der Waals surface area contributed by atoms with Gasteiger partial charge in [0.2, 0.25) is 11.0 Å². The molecule has 0 aliphatic heterocycles. The summed E-state index contributed by atoms with van der Waals surface area (Å²) in [5, 5.41) is 9.00. The number of aliphatic carboxylic acids is 1. The summed E-state index contributed by atoms with van der Waals surface area (Å²) in [4.78, 5) is 37.4. The molecular weight excluding hydrogens is 418 g/mol. The van der Waals surface area contributed by atoms with Crippen LogP contribution in [0.1, 0.15) is 21.5 Å². The molecule has 0 bridgehead atoms. The van der Waals surface area contributed by atoms with E-state index in [-0.39, 0.29) is 10.9 Å². The molecular formula is C19H18BrNO4S. The number of hydrogen-bond donors (Lipinski definition) is 1. The number of carboxylic acid groups (broad SMARTS) is 1. The number of nitrogens with zero attached hydrogens (tertiary/aromatic N) is 1. The maximum absolute atomic E-state index is 12.7. The Hall–Kier alpha value is -2.12. The fourth-order valence-corrected chi connectivity index (χ4v) is 3.55. The summed E-state index contributed by atoms with van der Waals surface area (Å²) in [5.41, 5.74) is 2.63. The smallest absolute Gasteiger partial charge is 0.323 e. The van der Waals surface area contributed by atoms with Gasteiger partial charge in [0.25, 0.3) is 0 Å². The van der Waals surface area contributed by atoms with Crippen LogP contribution in [-0.4, -0.2) is 34.4 Å². The van der Waals surface area contributed by atoms with Crippen molar-refractivity contribution in [1.82, 2.24) is 0 Å². The number of carboxylic acids is 1. The lowest BCUT2D eigenvalue weighted by Crippen LogP contribution is -2.38. The largest absolute Gasteiger partial charge is 0.480 e. The Morgan fingerprint density at radius 2 is 1.73 bits per heavy atom. The first-order chi connectivity index (χ1) is 12.3. The molecule has 0 unspecified atom stereocenters. The summed E-state index contributed by atoms with van der Waals surface area (Å²) in [5.74, 6) is -1.67. The third-order valence-corrected chi connectivity index (χ3v) is 5.52. The van der Waals surface area contributed by atoms with Gasteiger partial charge in [-0.2, -0.15) is 0 Å². The molecule has 2 aromatic carbocycles. The maximum Gasteiger partial charge on any atom is 0.323 e. The summed E-state index contributed by atoms with van der Waals surface area (Å²) in [7, 11) is 0. The van der Waals surface area contributed by atoms with E-state index in [0.717, 1.165) is 27.4 Å². The van der Waals surface area contributed by atoms with Gasteiger partial charge in [-0.25, -0.2) is 0 Å². The summed E-state index contributed by atoms with van der Waals surface area (Å²) in [6, 6.07) is 12.3. The number of rotatable bonds is 6. The summed E-state index contributed by atoms with van der Waals surface area (Å²) in [6.07, 6.45) is 0. The van der Waals surface area contributed by atoms with Crippen molar-refractivity contribution in [3.05, 3.63) is 63.6 Å². The van der Waals surface area contributed by atoms with Gasteiger partial charge in [0.1, 0.15) is 6.54 Å². The van der Waals surface area contributed by atoms with Gasteiger partial charge in [0.05, 0.1) is 11.4 Å². The van der Waals surface area contributed by atoms with Crippen LogP contribution in [0.3, 0.4) is 0 Å². The van der Waals surface area contributed by atoms with Crippen molar-refractivity contribution in [3.63, 3.8) is 0 Å². The van der Waals surface area contributed by atoms with Crippen molar-refractivity contribution in [1.29, 1.82) is 0 Å². The molecule has 2 rings (SSSR count). The van der Waals surface area contributed by atoms with Gasteiger partial charge in [-0.15, -0.1) is 0 Å². The highest BCUT2D eigenvalue weighted by molar-refractivity contribution is 9.10. The molecule has 0 aliphatic rings. The maximum atomic E-state index is 12.7. The second-order valence-corrected chi connectivity index (χ2v) is 7.46. The Kier molecular flexibility index (Phi) is 6.99. The van der Waals surface area contributed by atoms with Crippen LogP contribution >= 0.6 is 27.7 Å². The summed E-state index contributed by atoms with van der Waals surface area (Å²) in [6.45, 7) is 3.17. The van der Waals surface area contributed by atoms with Crippen LogP contribution in [0.15, 0.2) is 46.9 Å². The van der Waals surface area contributed by atoms with Crippen LogP contribution in [-0.2, 0) is 9.59 Å². The van der Waals surface area contributed by atoms with E-state index in [1.807, 2.05) is 26.0 Å². The highest BCUT2D eigenvalue weighted by Crippen LogP contribution is 2.31. The molecule has 0 fully saturated rings. The van der Waals surface area contributed by atoms with Gasteiger partial charge < -0.3 is 5.11 Å². The monoisotopic (exact) mass is 435 g/mol. The predicted molar refractivity (Wildman–Crippen MR) is 107 cm³/mol. The zero-order valence-electron chi connectivity index (χ0n) is 14.4. The van der Waals surface area contributed by atoms with E-state index in [0.29, 0.717) is 11.3 Å². The molecule has 136 valence electrons. The van der Waals surface area contributed by atoms with Gasteiger partial charge in [-0.3, -0.25) is 19.3 Å². The molecule has 26 heavy (non-hydrogen) atoms. The third kappa shape index (κ3) is 4.95. The average Bonchev–Trinajstić information content (AvgIpc) is 2.62. The molecule has 7 heteroatoms. The van der Waals surface area contributed by atoms with Gasteiger partial charge in [0, 0.05) is 10.0 Å². The molecule has 0 atom stereocenters. The Balaban J connectivity index is 2.22. The minimum Gasteiger partial charge on any atom is -0.480 e. The number of aryl methyl sites for hydroxylation is 1. The number of halogens is 1. The zero-order valence-corrected chi connectivity index (χ0v) is 16.8. The Bertz CT molecular complexity index is 839. The average molecular weight is 436 g/mol. The summed E-state index contributed by atoms with van der Waals surface area (Å²) >= 11 is 4.28. The normalized spacial score (nSPS) is 10.4. The van der Waals surface area contributed by atoms with Gasteiger partial charge in [-0.05, 0) is 31.0 Å². The Morgan fingerprint density at radius 1 is 1.08 bits per heavy atom. The first-order valence-corrected chi connectivity index (χ1v) is 9.59. The fourth-order valence-electron chi connectivity index (χ4n) is 2.52. The molecule has 0 heterocycles. The highest BCUT2D eigenvalue weighted by Gasteiger charge is 2.24. The minimum atomic E-state index is -1.11. The Morgan fingerprint density at radius 3 is 2.35 bits per heavy atom. The van der Waals surface area contributed by atoms with Crippen LogP contribution < -0.4 is 4.90 Å². The van der Waals surface area contributed by atoms with Crippen LogP contribution in [0.4, 0.5) is 5.69 Å². The van der Waals surface area contributed by atoms with Crippen molar-refractivity contribution >= 4 is 50.4 Å². The molecule has 0 saturated carbocycles. The first kappa shape index (κ1) is 20.2. The SMILES string of the molecule is Cc1ccc(Br)c(C)c1N(CC(=O)O)C(=O)CSC(=O)c1ccccc1. The van der Waals surface area contributed by atoms with Gasteiger partial charge >= 0.3 is 5.97 Å². The van der Waals surface area contributed by atoms with E-state index in [4.69, 9.17) is 0 Å². The Labute approximate surface area is 164 Å². The second kappa shape index (κ2) is 9.00. The van der Waals surface area contributed by atoms with Crippen molar-refractivity contribution in [2.75, 3.05) is 17.2 Å². The van der Waals surface area contributed by atoms with Gasteiger partial charge in [0.15, 0.2) is 0 Å². The van der Waals surface area contributed by atoms with Crippen LogP contribution in [0.5, 0.6) is 0 Å². The lowest BCUT2D eigenvalue weighted by Gasteiger charge is -2.25. The van der Waals surface area contributed by atoms with Crippen LogP contribution in [0.25, 0.3) is 0 Å². The number of benzene rings is 2. The van der Waals surface area contributed by atoms with Crippen molar-refractivity contribution in [2.45, 2.75) is 13.8 Å². The van der Waals surface area contributed by atoms with E-state index in [9.17, 15) is 19.5 Å². The highest BCUT2D eigenvalue weighted by atomic mass is 79.9. The second-order valence-electron chi connectivity index (χ2n) is 5.65. The zero-order chi connectivity index (χ0) is 19.3. The standard InChI is InChI=1S/C19H18BrNO4S/c1-12-8-9-15(20)13(2)18(12)21(10-17(23)24)16(22)11-26-19(25)14-6-4-3-5-7-14/h3-9H,10-11H2,1-2H3,(H,23,24). The molecule has 0 saturated heterocycles. The molecule has 0 aliphatic carbocycles. The van der Waals surface area contributed by atoms with Crippen molar-refractivity contribution in [2.24, 2.45) is 0 Å². The van der Waals surface area contributed by atoms with E-state index in [1.165, 1.54) is 4.90 Å². The molecule has 1 N–H and O–H groups in total. The van der Waals surface area contributed by atoms with E-state index >= 15 is 0 Å². The number of thioether (sulfide) groups is 1. The molecule has 0 radical (unpaired) electrons. The number of carbonyl (C=O) groups excluding carboxylic acids is 2. The predicted octanol–water partition coefficient (Wildman–Crippen LogP) is 4.06. The molecule has 5 nitrogen and oxygen atoms in total. The molecule has 0 aromatic heterocycles. The quantitative estimate of drug-likeness (QED) is 0.740. The molecule has 1 amide bonds. The van der Waals surface area contributed by atoms with E-state index < -0.39 is 18.4 Å². The number of amides is 1. The van der Waals surface area contributed by atoms with E-state index in [2.05, 4.69) is 15.9 Å². The molecule has 0 spiro atoms. The van der Waals surface area contributed by atoms with Crippen molar-refractivity contribution in [3.8, 4) is 0 Å². The fraction of sp³-hybridized carbons (Fsp3) is 0.211. The number of hydrogen-bond acceptors (Lipinski definition) is 4. The third-order valence-electron chi connectivity index (χ3n) is 3.77. The number of anilines is 1. The molecule has 2 aromatic rings. The van der Waals surface area contributed by atoms with Crippen LogP contribution in [0.2, 0.25) is 0 Å². The number of carbonyl (C=O) groups is 3. The van der Waals surface area contributed by atoms with E-state index in [1.54, 1.807) is 30.3 Å². The topological polar surface area (TPSA) is 74.7 Å². The first-order valence-electron chi connectivity index (χ1n) is 7.81. The van der Waals surface area contributed by atoms with Gasteiger partial charge in [-0.1, -0.05) is 64.1 Å². The lowest BCUT2D eigenvalue weighted by atomic mass is 10.1.